The molecule has 1 unspecified atom stereocenters. The largest absolute Gasteiger partial charge is 0.379 e. The van der Waals surface area contributed by atoms with Crippen molar-refractivity contribution in [2.45, 2.75) is 51.7 Å². The molecule has 96 valence electrons. The first kappa shape index (κ1) is 14.2. The Morgan fingerprint density at radius 1 is 1.35 bits per heavy atom. The summed E-state index contributed by atoms with van der Waals surface area (Å²) in [5.41, 5.74) is 8.66. The van der Waals surface area contributed by atoms with E-state index in [9.17, 15) is 0 Å². The molecule has 1 atom stereocenters. The molecule has 1 aromatic carbocycles. The lowest BCUT2D eigenvalue weighted by molar-refractivity contribution is 0.00995. The maximum absolute atomic E-state index is 6.24. The van der Waals surface area contributed by atoms with E-state index >= 15 is 0 Å². The van der Waals surface area contributed by atoms with Gasteiger partial charge in [0, 0.05) is 13.2 Å². The topological polar surface area (TPSA) is 35.2 Å². The van der Waals surface area contributed by atoms with Crippen molar-refractivity contribution in [1.29, 1.82) is 0 Å². The van der Waals surface area contributed by atoms with Crippen LogP contribution in [-0.4, -0.2) is 12.7 Å². The Morgan fingerprint density at radius 3 is 2.65 bits per heavy atom. The first-order valence-electron chi connectivity index (χ1n) is 6.38. The second-order valence-electron chi connectivity index (χ2n) is 5.27. The lowest BCUT2D eigenvalue weighted by Gasteiger charge is -2.26. The van der Waals surface area contributed by atoms with Crippen molar-refractivity contribution in [3.05, 3.63) is 35.4 Å². The fourth-order valence-electron chi connectivity index (χ4n) is 2.00. The highest BCUT2D eigenvalue weighted by Crippen LogP contribution is 2.24. The Balaban J connectivity index is 2.74. The van der Waals surface area contributed by atoms with Crippen molar-refractivity contribution in [2.24, 2.45) is 5.73 Å². The van der Waals surface area contributed by atoms with Gasteiger partial charge < -0.3 is 10.5 Å². The Hall–Kier alpha value is -0.860. The molecule has 0 bridgehead atoms. The van der Waals surface area contributed by atoms with Gasteiger partial charge >= 0.3 is 0 Å². The summed E-state index contributed by atoms with van der Waals surface area (Å²) in [6, 6.07) is 8.64. The first-order chi connectivity index (χ1) is 7.98. The second-order valence-corrected chi connectivity index (χ2v) is 5.27. The van der Waals surface area contributed by atoms with Crippen molar-refractivity contribution in [2.75, 3.05) is 7.11 Å². The number of nitrogens with two attached hydrogens (primary N) is 1. The number of aryl methyl sites for hydroxylation is 1. The predicted molar refractivity (Wildman–Crippen MR) is 73.1 cm³/mol. The van der Waals surface area contributed by atoms with Crippen LogP contribution in [0.5, 0.6) is 0 Å². The van der Waals surface area contributed by atoms with Crippen LogP contribution < -0.4 is 5.73 Å². The normalized spacial score (nSPS) is 13.7. The van der Waals surface area contributed by atoms with E-state index in [0.29, 0.717) is 0 Å². The van der Waals surface area contributed by atoms with Crippen LogP contribution in [0.4, 0.5) is 0 Å². The zero-order valence-corrected chi connectivity index (χ0v) is 11.5. The van der Waals surface area contributed by atoms with Crippen LogP contribution >= 0.6 is 0 Å². The molecule has 0 amide bonds. The molecule has 2 nitrogen and oxygen atoms in total. The van der Waals surface area contributed by atoms with Gasteiger partial charge in [0.05, 0.1) is 5.60 Å². The van der Waals surface area contributed by atoms with Gasteiger partial charge in [0.25, 0.3) is 0 Å². The molecule has 0 aliphatic heterocycles. The summed E-state index contributed by atoms with van der Waals surface area (Å²) in [6.07, 6.45) is 3.12. The van der Waals surface area contributed by atoms with E-state index in [4.69, 9.17) is 10.5 Å². The molecular weight excluding hydrogens is 210 g/mol. The molecule has 0 saturated carbocycles. The Morgan fingerprint density at radius 2 is 2.06 bits per heavy atom. The third kappa shape index (κ3) is 4.49. The summed E-state index contributed by atoms with van der Waals surface area (Å²) in [7, 11) is 1.74. The number of ether oxygens (including phenoxy) is 1. The summed E-state index contributed by atoms with van der Waals surface area (Å²) in [5.74, 6) is 0. The van der Waals surface area contributed by atoms with E-state index < -0.39 is 0 Å². The molecule has 0 saturated heterocycles. The molecule has 17 heavy (non-hydrogen) atoms. The summed E-state index contributed by atoms with van der Waals surface area (Å²) in [6.45, 7) is 6.34. The minimum atomic E-state index is -0.166. The van der Waals surface area contributed by atoms with Crippen LogP contribution in [0.25, 0.3) is 0 Å². The fraction of sp³-hybridized carbons (Fsp3) is 0.600. The van der Waals surface area contributed by atoms with Gasteiger partial charge in [-0.1, -0.05) is 37.6 Å². The van der Waals surface area contributed by atoms with E-state index in [1.165, 1.54) is 17.5 Å². The van der Waals surface area contributed by atoms with Gasteiger partial charge in [0.2, 0.25) is 0 Å². The third-order valence-electron chi connectivity index (χ3n) is 3.18. The zero-order chi connectivity index (χ0) is 12.9. The van der Waals surface area contributed by atoms with Gasteiger partial charge in [-0.15, -0.1) is 0 Å². The minimum Gasteiger partial charge on any atom is -0.379 e. The van der Waals surface area contributed by atoms with Crippen LogP contribution in [0, 0.1) is 0 Å². The summed E-state index contributed by atoms with van der Waals surface area (Å²) in [4.78, 5) is 0. The second kappa shape index (κ2) is 6.18. The van der Waals surface area contributed by atoms with Gasteiger partial charge in [-0.2, -0.15) is 0 Å². The highest BCUT2D eigenvalue weighted by atomic mass is 16.5. The van der Waals surface area contributed by atoms with Crippen LogP contribution in [-0.2, 0) is 11.2 Å². The number of hydrogen-bond acceptors (Lipinski definition) is 2. The van der Waals surface area contributed by atoms with Crippen LogP contribution in [0.1, 0.15) is 50.8 Å². The molecule has 1 rings (SSSR count). The number of hydrogen-bond donors (Lipinski definition) is 1. The minimum absolute atomic E-state index is 0.0433. The third-order valence-corrected chi connectivity index (χ3v) is 3.18. The van der Waals surface area contributed by atoms with E-state index in [2.05, 4.69) is 45.0 Å². The standard InChI is InChI=1S/C15H25NO/c1-5-7-12-8-6-9-13(10-12)14(16)11-15(2,3)17-4/h6,8-10,14H,5,7,11,16H2,1-4H3. The van der Waals surface area contributed by atoms with E-state index in [1.807, 2.05) is 0 Å². The Kier molecular flexibility index (Phi) is 5.16. The predicted octanol–water partition coefficient (Wildman–Crippen LogP) is 3.45. The van der Waals surface area contributed by atoms with Crippen LogP contribution in [0.15, 0.2) is 24.3 Å². The Bertz CT molecular complexity index is 347. The van der Waals surface area contributed by atoms with Crippen molar-refractivity contribution in [3.63, 3.8) is 0 Å². The molecule has 0 spiro atoms. The monoisotopic (exact) mass is 235 g/mol. The molecule has 2 heteroatoms. The molecule has 0 heterocycles. The molecule has 2 N–H and O–H groups in total. The van der Waals surface area contributed by atoms with Gasteiger partial charge in [0.15, 0.2) is 0 Å². The van der Waals surface area contributed by atoms with Crippen LogP contribution in [0.3, 0.4) is 0 Å². The lowest BCUT2D eigenvalue weighted by atomic mass is 9.93. The van der Waals surface area contributed by atoms with Crippen LogP contribution in [0.2, 0.25) is 0 Å². The lowest BCUT2D eigenvalue weighted by Crippen LogP contribution is -2.28. The van der Waals surface area contributed by atoms with Crippen molar-refractivity contribution in [1.82, 2.24) is 0 Å². The van der Waals surface area contributed by atoms with E-state index in [1.54, 1.807) is 7.11 Å². The van der Waals surface area contributed by atoms with Crippen molar-refractivity contribution < 1.29 is 4.74 Å². The maximum Gasteiger partial charge on any atom is 0.0640 e. The fourth-order valence-corrected chi connectivity index (χ4v) is 2.00. The molecule has 0 aliphatic carbocycles. The van der Waals surface area contributed by atoms with Gasteiger partial charge in [-0.25, -0.2) is 0 Å². The number of benzene rings is 1. The highest BCUT2D eigenvalue weighted by molar-refractivity contribution is 5.26. The molecule has 1 aromatic rings. The average molecular weight is 235 g/mol. The van der Waals surface area contributed by atoms with Gasteiger partial charge in [-0.05, 0) is 37.8 Å². The van der Waals surface area contributed by atoms with Crippen molar-refractivity contribution >= 4 is 0 Å². The van der Waals surface area contributed by atoms with Crippen molar-refractivity contribution in [3.8, 4) is 0 Å². The summed E-state index contributed by atoms with van der Waals surface area (Å²) in [5, 5.41) is 0. The number of rotatable bonds is 6. The molecular formula is C15H25NO. The zero-order valence-electron chi connectivity index (χ0n) is 11.5. The smallest absolute Gasteiger partial charge is 0.0640 e. The van der Waals surface area contributed by atoms with Gasteiger partial charge in [0.1, 0.15) is 0 Å². The molecule has 0 fully saturated rings. The number of methoxy groups -OCH3 is 1. The summed E-state index contributed by atoms with van der Waals surface area (Å²) >= 11 is 0. The maximum atomic E-state index is 6.24. The SMILES string of the molecule is CCCc1cccc(C(N)CC(C)(C)OC)c1. The first-order valence-corrected chi connectivity index (χ1v) is 6.38. The van der Waals surface area contributed by atoms with E-state index in [-0.39, 0.29) is 11.6 Å². The molecule has 0 radical (unpaired) electrons. The quantitative estimate of drug-likeness (QED) is 0.819. The van der Waals surface area contributed by atoms with E-state index in [0.717, 1.165) is 12.8 Å². The molecule has 0 aliphatic rings. The van der Waals surface area contributed by atoms with Gasteiger partial charge in [-0.3, -0.25) is 0 Å². The highest BCUT2D eigenvalue weighted by Gasteiger charge is 2.21. The molecule has 0 aromatic heterocycles. The Labute approximate surface area is 105 Å². The summed E-state index contributed by atoms with van der Waals surface area (Å²) < 4.78 is 5.43. The average Bonchev–Trinajstić information content (AvgIpc) is 2.29.